The van der Waals surface area contributed by atoms with Crippen molar-refractivity contribution in [2.24, 2.45) is 0 Å². The van der Waals surface area contributed by atoms with Crippen molar-refractivity contribution in [3.05, 3.63) is 24.3 Å². The van der Waals surface area contributed by atoms with Crippen LogP contribution in [0.1, 0.15) is 13.8 Å². The minimum absolute atomic E-state index is 0.0459. The van der Waals surface area contributed by atoms with Gasteiger partial charge in [0.15, 0.2) is 6.61 Å². The average molecular weight is 240 g/mol. The Morgan fingerprint density at radius 1 is 1.38 bits per heavy atom. The van der Waals surface area contributed by atoms with E-state index in [4.69, 9.17) is 9.47 Å². The average Bonchev–Trinajstić information content (AvgIpc) is 2.26. The lowest BCUT2D eigenvalue weighted by molar-refractivity contribution is -0.149. The molecule has 0 spiro atoms. The van der Waals surface area contributed by atoms with E-state index in [0.717, 1.165) is 10.6 Å². The quantitative estimate of drug-likeness (QED) is 0.585. The highest BCUT2D eigenvalue weighted by atomic mass is 32.2. The van der Waals surface area contributed by atoms with Crippen LogP contribution in [0.2, 0.25) is 0 Å². The van der Waals surface area contributed by atoms with Gasteiger partial charge in [-0.15, -0.1) is 11.8 Å². The summed E-state index contributed by atoms with van der Waals surface area (Å²) in [4.78, 5) is 12.3. The molecule has 1 aromatic carbocycles. The highest BCUT2D eigenvalue weighted by Gasteiger charge is 2.08. The van der Waals surface area contributed by atoms with E-state index in [1.54, 1.807) is 11.8 Å². The fourth-order valence-electron chi connectivity index (χ4n) is 1.17. The van der Waals surface area contributed by atoms with E-state index >= 15 is 0 Å². The molecule has 88 valence electrons. The van der Waals surface area contributed by atoms with E-state index in [9.17, 15) is 4.79 Å². The Kier molecular flexibility index (Phi) is 5.19. The van der Waals surface area contributed by atoms with Gasteiger partial charge in [0.2, 0.25) is 0 Å². The first-order chi connectivity index (χ1) is 7.63. The summed E-state index contributed by atoms with van der Waals surface area (Å²) in [6, 6.07) is 7.61. The molecule has 0 aromatic heterocycles. The lowest BCUT2D eigenvalue weighted by Crippen LogP contribution is -2.18. The summed E-state index contributed by atoms with van der Waals surface area (Å²) < 4.78 is 10.4. The molecular formula is C12H16O3S. The maximum atomic E-state index is 11.3. The van der Waals surface area contributed by atoms with Crippen molar-refractivity contribution in [2.75, 3.05) is 12.9 Å². The number of esters is 1. The van der Waals surface area contributed by atoms with E-state index < -0.39 is 0 Å². The SMILES string of the molecule is CSc1ccccc1OCC(=O)OC(C)C. The third-order valence-electron chi connectivity index (χ3n) is 1.78. The van der Waals surface area contributed by atoms with Crippen LogP contribution >= 0.6 is 11.8 Å². The number of carbonyl (C=O) groups excluding carboxylic acids is 1. The van der Waals surface area contributed by atoms with Gasteiger partial charge >= 0.3 is 5.97 Å². The zero-order chi connectivity index (χ0) is 12.0. The summed E-state index contributed by atoms with van der Waals surface area (Å²) in [7, 11) is 0. The fraction of sp³-hybridized carbons (Fsp3) is 0.417. The molecule has 0 unspecified atom stereocenters. The summed E-state index contributed by atoms with van der Waals surface area (Å²) in [6.45, 7) is 3.58. The number of carbonyl (C=O) groups is 1. The van der Waals surface area contributed by atoms with Gasteiger partial charge in [-0.3, -0.25) is 0 Å². The minimum atomic E-state index is -0.342. The van der Waals surface area contributed by atoms with Crippen LogP contribution in [-0.2, 0) is 9.53 Å². The van der Waals surface area contributed by atoms with Crippen molar-refractivity contribution < 1.29 is 14.3 Å². The number of ether oxygens (including phenoxy) is 2. The molecule has 0 bridgehead atoms. The molecule has 0 aliphatic carbocycles. The second-order valence-corrected chi connectivity index (χ2v) is 4.33. The summed E-state index contributed by atoms with van der Waals surface area (Å²) >= 11 is 1.58. The standard InChI is InChI=1S/C12H16O3S/c1-9(2)15-12(13)8-14-10-6-4-5-7-11(10)16-3/h4-7,9H,8H2,1-3H3. The molecule has 0 heterocycles. The van der Waals surface area contributed by atoms with Crippen molar-refractivity contribution in [3.8, 4) is 5.75 Å². The Morgan fingerprint density at radius 2 is 2.06 bits per heavy atom. The molecular weight excluding hydrogens is 224 g/mol. The Morgan fingerprint density at radius 3 is 2.69 bits per heavy atom. The molecule has 0 fully saturated rings. The van der Waals surface area contributed by atoms with E-state index in [0.29, 0.717) is 0 Å². The molecule has 1 aromatic rings. The van der Waals surface area contributed by atoms with Crippen molar-refractivity contribution in [1.29, 1.82) is 0 Å². The lowest BCUT2D eigenvalue weighted by Gasteiger charge is -2.11. The predicted octanol–water partition coefficient (Wildman–Crippen LogP) is 2.74. The van der Waals surface area contributed by atoms with Gasteiger partial charge in [-0.2, -0.15) is 0 Å². The number of benzene rings is 1. The number of thioether (sulfide) groups is 1. The molecule has 0 amide bonds. The minimum Gasteiger partial charge on any atom is -0.481 e. The maximum absolute atomic E-state index is 11.3. The van der Waals surface area contributed by atoms with Gasteiger partial charge < -0.3 is 9.47 Å². The smallest absolute Gasteiger partial charge is 0.344 e. The van der Waals surface area contributed by atoms with Gasteiger partial charge in [-0.25, -0.2) is 4.79 Å². The Balaban J connectivity index is 2.51. The molecule has 16 heavy (non-hydrogen) atoms. The first-order valence-corrected chi connectivity index (χ1v) is 6.31. The topological polar surface area (TPSA) is 35.5 Å². The van der Waals surface area contributed by atoms with E-state index in [1.165, 1.54) is 0 Å². The van der Waals surface area contributed by atoms with Gasteiger partial charge in [-0.05, 0) is 32.2 Å². The normalized spacial score (nSPS) is 10.2. The third kappa shape index (κ3) is 4.14. The van der Waals surface area contributed by atoms with Gasteiger partial charge in [0.1, 0.15) is 5.75 Å². The molecule has 3 nitrogen and oxygen atoms in total. The second kappa shape index (κ2) is 6.43. The Bertz CT molecular complexity index is 350. The van der Waals surface area contributed by atoms with Crippen molar-refractivity contribution >= 4 is 17.7 Å². The van der Waals surface area contributed by atoms with Crippen LogP contribution < -0.4 is 4.74 Å². The molecule has 0 aliphatic heterocycles. The number of para-hydroxylation sites is 1. The van der Waals surface area contributed by atoms with Crippen LogP contribution in [0.25, 0.3) is 0 Å². The van der Waals surface area contributed by atoms with E-state index in [-0.39, 0.29) is 18.7 Å². The maximum Gasteiger partial charge on any atom is 0.344 e. The van der Waals surface area contributed by atoms with Crippen LogP contribution in [0, 0.1) is 0 Å². The van der Waals surface area contributed by atoms with E-state index in [2.05, 4.69) is 0 Å². The number of rotatable bonds is 5. The summed E-state index contributed by atoms with van der Waals surface area (Å²) in [5, 5.41) is 0. The number of hydrogen-bond donors (Lipinski definition) is 0. The third-order valence-corrected chi connectivity index (χ3v) is 2.56. The zero-order valence-electron chi connectivity index (χ0n) is 9.73. The largest absolute Gasteiger partial charge is 0.481 e. The summed E-state index contributed by atoms with van der Waals surface area (Å²) in [5.74, 6) is 0.376. The second-order valence-electron chi connectivity index (χ2n) is 3.48. The van der Waals surface area contributed by atoms with Crippen molar-refractivity contribution in [3.63, 3.8) is 0 Å². The summed E-state index contributed by atoms with van der Waals surface area (Å²) in [6.07, 6.45) is 1.86. The molecule has 0 atom stereocenters. The highest BCUT2D eigenvalue weighted by Crippen LogP contribution is 2.26. The Hall–Kier alpha value is -1.16. The zero-order valence-corrected chi connectivity index (χ0v) is 10.5. The Labute approximate surface area is 100 Å². The first kappa shape index (κ1) is 12.9. The van der Waals surface area contributed by atoms with Gasteiger partial charge in [0.05, 0.1) is 6.10 Å². The molecule has 0 saturated heterocycles. The molecule has 4 heteroatoms. The highest BCUT2D eigenvalue weighted by molar-refractivity contribution is 7.98. The van der Waals surface area contributed by atoms with Crippen LogP contribution in [-0.4, -0.2) is 24.9 Å². The van der Waals surface area contributed by atoms with Gasteiger partial charge in [0.25, 0.3) is 0 Å². The molecule has 0 saturated carbocycles. The predicted molar refractivity (Wildman–Crippen MR) is 64.9 cm³/mol. The fourth-order valence-corrected chi connectivity index (χ4v) is 1.71. The van der Waals surface area contributed by atoms with Crippen LogP contribution in [0.4, 0.5) is 0 Å². The first-order valence-electron chi connectivity index (χ1n) is 5.08. The van der Waals surface area contributed by atoms with Crippen LogP contribution in [0.15, 0.2) is 29.2 Å². The molecule has 1 rings (SSSR count). The van der Waals surface area contributed by atoms with Crippen molar-refractivity contribution in [2.45, 2.75) is 24.8 Å². The lowest BCUT2D eigenvalue weighted by atomic mass is 10.3. The molecule has 0 radical (unpaired) electrons. The van der Waals surface area contributed by atoms with E-state index in [1.807, 2.05) is 44.4 Å². The van der Waals surface area contributed by atoms with Gasteiger partial charge in [-0.1, -0.05) is 12.1 Å². The monoisotopic (exact) mass is 240 g/mol. The van der Waals surface area contributed by atoms with Crippen LogP contribution in [0.3, 0.4) is 0 Å². The molecule has 0 aliphatic rings. The molecule has 0 N–H and O–H groups in total. The van der Waals surface area contributed by atoms with Crippen molar-refractivity contribution in [1.82, 2.24) is 0 Å². The van der Waals surface area contributed by atoms with Gasteiger partial charge in [0, 0.05) is 4.90 Å². The van der Waals surface area contributed by atoms with Crippen LogP contribution in [0.5, 0.6) is 5.75 Å². The number of hydrogen-bond acceptors (Lipinski definition) is 4. The summed E-state index contributed by atoms with van der Waals surface area (Å²) in [5.41, 5.74) is 0.